The lowest BCUT2D eigenvalue weighted by Gasteiger charge is -2.09. The number of hydrogen-bond donors (Lipinski definition) is 1. The molecule has 0 amide bonds. The zero-order chi connectivity index (χ0) is 18.7. The molecule has 3 aromatic rings. The summed E-state index contributed by atoms with van der Waals surface area (Å²) in [7, 11) is 0. The Hall–Kier alpha value is -3.13. The van der Waals surface area contributed by atoms with Gasteiger partial charge in [0.25, 0.3) is 5.69 Å². The van der Waals surface area contributed by atoms with Crippen LogP contribution in [0.5, 0.6) is 11.6 Å². The molecule has 134 valence electrons. The lowest BCUT2D eigenvalue weighted by Crippen LogP contribution is -2.04. The number of rotatable bonds is 7. The number of non-ortho nitro benzene ring substituents is 1. The van der Waals surface area contributed by atoms with Crippen molar-refractivity contribution < 1.29 is 14.8 Å². The van der Waals surface area contributed by atoms with E-state index in [-0.39, 0.29) is 22.6 Å². The highest BCUT2D eigenvalue weighted by atomic mass is 35.5. The third-order valence-corrected chi connectivity index (χ3v) is 4.23. The van der Waals surface area contributed by atoms with Crippen LogP contribution < -0.4 is 4.74 Å². The number of nitrogens with zero attached hydrogens (tertiary/aromatic N) is 3. The van der Waals surface area contributed by atoms with Gasteiger partial charge in [-0.25, -0.2) is 0 Å². The number of para-hydroxylation sites is 1. The third kappa shape index (κ3) is 3.31. The Balaban J connectivity index is 1.79. The first kappa shape index (κ1) is 17.7. The quantitative estimate of drug-likeness (QED) is 0.277. The van der Waals surface area contributed by atoms with Crippen molar-refractivity contribution in [1.82, 2.24) is 4.57 Å². The summed E-state index contributed by atoms with van der Waals surface area (Å²) >= 11 is 6.01. The summed E-state index contributed by atoms with van der Waals surface area (Å²) in [5.74, 6) is 0.231. The van der Waals surface area contributed by atoms with E-state index in [0.29, 0.717) is 35.9 Å². The van der Waals surface area contributed by atoms with Crippen molar-refractivity contribution >= 4 is 33.9 Å². The molecule has 0 bridgehead atoms. The summed E-state index contributed by atoms with van der Waals surface area (Å²) in [5.41, 5.74) is 0.0952. The predicted octanol–water partition coefficient (Wildman–Crippen LogP) is 4.78. The van der Waals surface area contributed by atoms with Crippen LogP contribution in [0.2, 0.25) is 5.02 Å². The van der Waals surface area contributed by atoms with Crippen molar-refractivity contribution in [3.8, 4) is 11.6 Å². The number of nitroso groups, excluding NO2 is 1. The van der Waals surface area contributed by atoms with Crippen LogP contribution in [0.3, 0.4) is 0 Å². The lowest BCUT2D eigenvalue weighted by molar-refractivity contribution is -0.384. The van der Waals surface area contributed by atoms with Crippen molar-refractivity contribution in [2.24, 2.45) is 5.18 Å². The van der Waals surface area contributed by atoms with Crippen molar-refractivity contribution in [1.29, 1.82) is 0 Å². The van der Waals surface area contributed by atoms with Crippen LogP contribution in [0.4, 0.5) is 11.4 Å². The van der Waals surface area contributed by atoms with Crippen molar-refractivity contribution in [2.45, 2.75) is 13.0 Å². The van der Waals surface area contributed by atoms with E-state index >= 15 is 0 Å². The second-order valence-electron chi connectivity index (χ2n) is 5.51. The number of aryl methyl sites for hydroxylation is 1. The van der Waals surface area contributed by atoms with Crippen LogP contribution in [0.1, 0.15) is 6.42 Å². The fourth-order valence-corrected chi connectivity index (χ4v) is 2.90. The van der Waals surface area contributed by atoms with E-state index in [1.165, 1.54) is 22.8 Å². The average Bonchev–Trinajstić information content (AvgIpc) is 2.90. The molecule has 3 rings (SSSR count). The van der Waals surface area contributed by atoms with Crippen LogP contribution in [0.15, 0.2) is 47.6 Å². The maximum atomic E-state index is 11.1. The van der Waals surface area contributed by atoms with Gasteiger partial charge in [-0.15, -0.1) is 4.91 Å². The number of ether oxygens (including phenoxy) is 1. The van der Waals surface area contributed by atoms with Gasteiger partial charge in [0, 0.05) is 24.1 Å². The molecular weight excluding hydrogens is 362 g/mol. The molecule has 9 heteroatoms. The normalized spacial score (nSPS) is 10.8. The van der Waals surface area contributed by atoms with Crippen LogP contribution in [0, 0.1) is 15.0 Å². The highest BCUT2D eigenvalue weighted by Crippen LogP contribution is 2.40. The zero-order valence-corrected chi connectivity index (χ0v) is 14.2. The summed E-state index contributed by atoms with van der Waals surface area (Å²) in [5, 5.41) is 24.7. The predicted molar refractivity (Wildman–Crippen MR) is 97.3 cm³/mol. The number of hydrogen-bond acceptors (Lipinski definition) is 6. The first-order valence-electron chi connectivity index (χ1n) is 7.73. The van der Waals surface area contributed by atoms with E-state index in [0.717, 1.165) is 0 Å². The highest BCUT2D eigenvalue weighted by Gasteiger charge is 2.20. The first-order chi connectivity index (χ1) is 12.5. The summed E-state index contributed by atoms with van der Waals surface area (Å²) in [6.07, 6.45) is 0.512. The zero-order valence-electron chi connectivity index (χ0n) is 13.5. The number of aromatic hydroxyl groups is 1. The van der Waals surface area contributed by atoms with Crippen molar-refractivity contribution in [3.05, 3.63) is 62.5 Å². The molecule has 0 radical (unpaired) electrons. The molecule has 1 aromatic heterocycles. The molecule has 0 atom stereocenters. The smallest absolute Gasteiger partial charge is 0.270 e. The Labute approximate surface area is 152 Å². The topological polar surface area (TPSA) is 107 Å². The van der Waals surface area contributed by atoms with E-state index in [2.05, 4.69) is 5.18 Å². The van der Waals surface area contributed by atoms with Gasteiger partial charge in [-0.2, -0.15) is 0 Å². The van der Waals surface area contributed by atoms with Gasteiger partial charge < -0.3 is 14.4 Å². The van der Waals surface area contributed by atoms with E-state index in [1.54, 1.807) is 24.3 Å². The molecule has 0 unspecified atom stereocenters. The minimum atomic E-state index is -0.570. The standard InChI is InChI=1S/C17H14ClN3O5/c18-13-4-1-2-5-15(13)26-9-3-8-20-14-7-6-11(21(24)25)10-12(14)16(19-23)17(20)22/h1-2,4-7,10,22H,3,8-9H2. The minimum absolute atomic E-state index is 0.179. The number of nitro groups is 1. The first-order valence-corrected chi connectivity index (χ1v) is 8.11. The Kier molecular flexibility index (Phi) is 5.04. The van der Waals surface area contributed by atoms with Crippen LogP contribution >= 0.6 is 11.6 Å². The van der Waals surface area contributed by atoms with E-state index in [4.69, 9.17) is 16.3 Å². The molecule has 0 fully saturated rings. The average molecular weight is 376 g/mol. The number of benzene rings is 2. The monoisotopic (exact) mass is 375 g/mol. The maximum Gasteiger partial charge on any atom is 0.270 e. The number of aromatic nitrogens is 1. The number of nitro benzene ring substituents is 1. The summed E-state index contributed by atoms with van der Waals surface area (Å²) in [4.78, 5) is 21.4. The molecule has 8 nitrogen and oxygen atoms in total. The highest BCUT2D eigenvalue weighted by molar-refractivity contribution is 6.32. The van der Waals surface area contributed by atoms with Crippen LogP contribution in [-0.2, 0) is 6.54 Å². The van der Waals surface area contributed by atoms with Crippen LogP contribution in [0.25, 0.3) is 10.9 Å². The molecule has 1 N–H and O–H groups in total. The number of halogens is 1. The van der Waals surface area contributed by atoms with E-state index < -0.39 is 4.92 Å². The largest absolute Gasteiger partial charge is 0.493 e. The Morgan fingerprint density at radius 3 is 2.73 bits per heavy atom. The third-order valence-electron chi connectivity index (χ3n) is 3.92. The molecular formula is C17H14ClN3O5. The molecule has 2 aromatic carbocycles. The fraction of sp³-hybridized carbons (Fsp3) is 0.176. The second kappa shape index (κ2) is 7.40. The van der Waals surface area contributed by atoms with E-state index in [9.17, 15) is 20.1 Å². The molecule has 0 spiro atoms. The molecule has 0 aliphatic heterocycles. The Bertz CT molecular complexity index is 986. The minimum Gasteiger partial charge on any atom is -0.493 e. The van der Waals surface area contributed by atoms with Gasteiger partial charge in [0.05, 0.1) is 22.1 Å². The Morgan fingerprint density at radius 2 is 2.04 bits per heavy atom. The second-order valence-corrected chi connectivity index (χ2v) is 5.91. The van der Waals surface area contributed by atoms with Gasteiger partial charge >= 0.3 is 0 Å². The molecule has 0 saturated carbocycles. The summed E-state index contributed by atoms with van der Waals surface area (Å²) < 4.78 is 7.07. The number of fused-ring (bicyclic) bond motifs is 1. The van der Waals surface area contributed by atoms with Gasteiger partial charge in [-0.05, 0) is 29.8 Å². The molecule has 0 aliphatic rings. The van der Waals surface area contributed by atoms with Crippen molar-refractivity contribution in [3.63, 3.8) is 0 Å². The SMILES string of the molecule is O=Nc1c(O)n(CCCOc2ccccc2Cl)c2ccc([N+](=O)[O-])cc12. The summed E-state index contributed by atoms with van der Waals surface area (Å²) in [6, 6.07) is 11.1. The lowest BCUT2D eigenvalue weighted by atomic mass is 10.2. The summed E-state index contributed by atoms with van der Waals surface area (Å²) in [6.45, 7) is 0.666. The van der Waals surface area contributed by atoms with Gasteiger partial charge in [0.2, 0.25) is 5.88 Å². The van der Waals surface area contributed by atoms with Gasteiger partial charge in [0.15, 0.2) is 5.69 Å². The molecule has 1 heterocycles. The van der Waals surface area contributed by atoms with Crippen molar-refractivity contribution in [2.75, 3.05) is 6.61 Å². The molecule has 0 aliphatic carbocycles. The van der Waals surface area contributed by atoms with Gasteiger partial charge in [-0.1, -0.05) is 23.7 Å². The fourth-order valence-electron chi connectivity index (χ4n) is 2.71. The molecule has 0 saturated heterocycles. The van der Waals surface area contributed by atoms with Gasteiger partial charge in [-0.3, -0.25) is 10.1 Å². The molecule has 26 heavy (non-hydrogen) atoms. The Morgan fingerprint density at radius 1 is 1.27 bits per heavy atom. The van der Waals surface area contributed by atoms with Crippen LogP contribution in [-0.4, -0.2) is 21.2 Å². The van der Waals surface area contributed by atoms with E-state index in [1.807, 2.05) is 0 Å². The maximum absolute atomic E-state index is 11.1. The van der Waals surface area contributed by atoms with Gasteiger partial charge in [0.1, 0.15) is 5.75 Å².